The van der Waals surface area contributed by atoms with Crippen LogP contribution in [0, 0.1) is 5.41 Å². The number of likely N-dealkylation sites (tertiary alicyclic amines) is 1. The molecule has 1 aliphatic heterocycles. The predicted molar refractivity (Wildman–Crippen MR) is 84.5 cm³/mol. The standard InChI is InChI=1S/C16H23ClN2O/c1-4-16(5-2)8-9-19(11-16)15(20)13-10-12(17)6-7-14(13)18-3/h6-7,10,18H,4-5,8-9,11H2,1-3H3. The second-order valence-corrected chi connectivity index (χ2v) is 6.06. The predicted octanol–water partition coefficient (Wildman–Crippen LogP) is 4.03. The molecule has 20 heavy (non-hydrogen) atoms. The molecule has 4 heteroatoms. The maximum absolute atomic E-state index is 12.7. The van der Waals surface area contributed by atoms with Crippen LogP contribution in [-0.4, -0.2) is 30.9 Å². The number of hydrogen-bond donors (Lipinski definition) is 1. The second-order valence-electron chi connectivity index (χ2n) is 5.62. The minimum atomic E-state index is 0.0839. The van der Waals surface area contributed by atoms with E-state index in [9.17, 15) is 4.79 Å². The molecule has 1 aromatic carbocycles. The summed E-state index contributed by atoms with van der Waals surface area (Å²) in [5.74, 6) is 0.0839. The molecule has 0 saturated carbocycles. The summed E-state index contributed by atoms with van der Waals surface area (Å²) in [6, 6.07) is 5.42. The summed E-state index contributed by atoms with van der Waals surface area (Å²) in [4.78, 5) is 14.7. The molecule has 3 nitrogen and oxygen atoms in total. The minimum absolute atomic E-state index is 0.0839. The van der Waals surface area contributed by atoms with Crippen LogP contribution < -0.4 is 5.32 Å². The van der Waals surface area contributed by atoms with Gasteiger partial charge in [0.25, 0.3) is 5.91 Å². The minimum Gasteiger partial charge on any atom is -0.387 e. The van der Waals surface area contributed by atoms with Crippen molar-refractivity contribution in [1.29, 1.82) is 0 Å². The number of nitrogens with zero attached hydrogens (tertiary/aromatic N) is 1. The fourth-order valence-electron chi connectivity index (χ4n) is 3.02. The van der Waals surface area contributed by atoms with Gasteiger partial charge in [0.2, 0.25) is 0 Å². The van der Waals surface area contributed by atoms with Gasteiger partial charge in [-0.2, -0.15) is 0 Å². The number of anilines is 1. The van der Waals surface area contributed by atoms with Crippen molar-refractivity contribution in [3.8, 4) is 0 Å². The molecular formula is C16H23ClN2O. The van der Waals surface area contributed by atoms with Crippen molar-refractivity contribution in [2.45, 2.75) is 33.1 Å². The van der Waals surface area contributed by atoms with Crippen molar-refractivity contribution in [2.24, 2.45) is 5.41 Å². The molecule has 110 valence electrons. The zero-order valence-electron chi connectivity index (χ0n) is 12.5. The zero-order valence-corrected chi connectivity index (χ0v) is 13.3. The summed E-state index contributed by atoms with van der Waals surface area (Å²) in [6.07, 6.45) is 3.35. The molecule has 1 fully saturated rings. The van der Waals surface area contributed by atoms with Crippen LogP contribution in [-0.2, 0) is 0 Å². The average molecular weight is 295 g/mol. The lowest BCUT2D eigenvalue weighted by Crippen LogP contribution is -2.32. The van der Waals surface area contributed by atoms with Gasteiger partial charge in [0, 0.05) is 30.8 Å². The van der Waals surface area contributed by atoms with Gasteiger partial charge < -0.3 is 10.2 Å². The van der Waals surface area contributed by atoms with Crippen LogP contribution in [0.2, 0.25) is 5.02 Å². The molecule has 0 spiro atoms. The Kier molecular flexibility index (Phi) is 4.59. The molecule has 1 heterocycles. The van der Waals surface area contributed by atoms with Crippen LogP contribution in [0.5, 0.6) is 0 Å². The third kappa shape index (κ3) is 2.78. The van der Waals surface area contributed by atoms with Gasteiger partial charge in [-0.15, -0.1) is 0 Å². The van der Waals surface area contributed by atoms with Crippen molar-refractivity contribution in [3.63, 3.8) is 0 Å². The first-order valence-corrected chi connectivity index (χ1v) is 7.69. The molecule has 1 saturated heterocycles. The SMILES string of the molecule is CCC1(CC)CCN(C(=O)c2cc(Cl)ccc2NC)C1. The monoisotopic (exact) mass is 294 g/mol. The maximum Gasteiger partial charge on any atom is 0.256 e. The second kappa shape index (κ2) is 6.04. The van der Waals surface area contributed by atoms with Gasteiger partial charge in [0.05, 0.1) is 5.56 Å². The van der Waals surface area contributed by atoms with E-state index in [1.165, 1.54) is 0 Å². The molecule has 1 aromatic rings. The topological polar surface area (TPSA) is 32.3 Å². The first-order valence-electron chi connectivity index (χ1n) is 7.32. The lowest BCUT2D eigenvalue weighted by atomic mass is 9.82. The first-order chi connectivity index (χ1) is 9.55. The van der Waals surface area contributed by atoms with E-state index in [0.717, 1.165) is 38.0 Å². The van der Waals surface area contributed by atoms with Crippen LogP contribution >= 0.6 is 11.6 Å². The first kappa shape index (κ1) is 15.2. The smallest absolute Gasteiger partial charge is 0.256 e. The Hall–Kier alpha value is -1.22. The van der Waals surface area contributed by atoms with E-state index in [2.05, 4.69) is 19.2 Å². The maximum atomic E-state index is 12.7. The van der Waals surface area contributed by atoms with Crippen LogP contribution in [0.25, 0.3) is 0 Å². The molecule has 0 bridgehead atoms. The van der Waals surface area contributed by atoms with Gasteiger partial charge >= 0.3 is 0 Å². The van der Waals surface area contributed by atoms with Crippen molar-refractivity contribution >= 4 is 23.2 Å². The van der Waals surface area contributed by atoms with Crippen LogP contribution in [0.3, 0.4) is 0 Å². The molecule has 1 amide bonds. The Labute approximate surface area is 126 Å². The van der Waals surface area contributed by atoms with E-state index in [-0.39, 0.29) is 5.91 Å². The lowest BCUT2D eigenvalue weighted by Gasteiger charge is -2.26. The van der Waals surface area contributed by atoms with Crippen LogP contribution in [0.1, 0.15) is 43.5 Å². The highest BCUT2D eigenvalue weighted by atomic mass is 35.5. The third-order valence-electron chi connectivity index (χ3n) is 4.71. The van der Waals surface area contributed by atoms with E-state index in [0.29, 0.717) is 16.0 Å². The summed E-state index contributed by atoms with van der Waals surface area (Å²) in [5.41, 5.74) is 1.81. The molecule has 0 aromatic heterocycles. The lowest BCUT2D eigenvalue weighted by molar-refractivity contribution is 0.0771. The van der Waals surface area contributed by atoms with E-state index in [1.54, 1.807) is 12.1 Å². The van der Waals surface area contributed by atoms with Gasteiger partial charge in [-0.3, -0.25) is 4.79 Å². The van der Waals surface area contributed by atoms with E-state index >= 15 is 0 Å². The quantitative estimate of drug-likeness (QED) is 0.909. The van der Waals surface area contributed by atoms with E-state index in [4.69, 9.17) is 11.6 Å². The molecule has 1 aliphatic rings. The Balaban J connectivity index is 2.23. The molecule has 2 rings (SSSR count). The fraction of sp³-hybridized carbons (Fsp3) is 0.562. The Morgan fingerprint density at radius 2 is 2.10 bits per heavy atom. The summed E-state index contributed by atoms with van der Waals surface area (Å²) in [7, 11) is 1.83. The molecular weight excluding hydrogens is 272 g/mol. The highest BCUT2D eigenvalue weighted by Crippen LogP contribution is 2.38. The number of benzene rings is 1. The summed E-state index contributed by atoms with van der Waals surface area (Å²) >= 11 is 6.04. The number of hydrogen-bond acceptors (Lipinski definition) is 2. The number of carbonyl (C=O) groups excluding carboxylic acids is 1. The number of rotatable bonds is 4. The zero-order chi connectivity index (χ0) is 14.8. The van der Waals surface area contributed by atoms with Crippen LogP contribution in [0.15, 0.2) is 18.2 Å². The number of nitrogens with one attached hydrogen (secondary N) is 1. The number of carbonyl (C=O) groups is 1. The normalized spacial score (nSPS) is 17.3. The van der Waals surface area contributed by atoms with E-state index < -0.39 is 0 Å². The molecule has 0 atom stereocenters. The fourth-order valence-corrected chi connectivity index (χ4v) is 3.19. The van der Waals surface area contributed by atoms with E-state index in [1.807, 2.05) is 18.0 Å². The van der Waals surface area contributed by atoms with Crippen molar-refractivity contribution in [1.82, 2.24) is 4.90 Å². The Morgan fingerprint density at radius 1 is 1.40 bits per heavy atom. The molecule has 0 unspecified atom stereocenters. The van der Waals surface area contributed by atoms with Gasteiger partial charge in [0.15, 0.2) is 0 Å². The molecule has 0 aliphatic carbocycles. The van der Waals surface area contributed by atoms with Crippen LogP contribution in [0.4, 0.5) is 5.69 Å². The van der Waals surface area contributed by atoms with Gasteiger partial charge in [0.1, 0.15) is 0 Å². The van der Waals surface area contributed by atoms with Gasteiger partial charge in [-0.05, 0) is 42.9 Å². The summed E-state index contributed by atoms with van der Waals surface area (Å²) in [5, 5.41) is 3.67. The van der Waals surface area contributed by atoms with Gasteiger partial charge in [-0.25, -0.2) is 0 Å². The highest BCUT2D eigenvalue weighted by molar-refractivity contribution is 6.31. The highest BCUT2D eigenvalue weighted by Gasteiger charge is 2.37. The van der Waals surface area contributed by atoms with Crippen molar-refractivity contribution < 1.29 is 4.79 Å². The Bertz CT molecular complexity index is 497. The third-order valence-corrected chi connectivity index (χ3v) is 4.94. The molecule has 0 radical (unpaired) electrons. The molecule has 1 N–H and O–H groups in total. The number of amides is 1. The average Bonchev–Trinajstić information content (AvgIpc) is 2.91. The van der Waals surface area contributed by atoms with Crippen molar-refractivity contribution in [2.75, 3.05) is 25.5 Å². The summed E-state index contributed by atoms with van der Waals surface area (Å²) < 4.78 is 0. The Morgan fingerprint density at radius 3 is 2.65 bits per heavy atom. The summed E-state index contributed by atoms with van der Waals surface area (Å²) in [6.45, 7) is 6.14. The van der Waals surface area contributed by atoms with Crippen molar-refractivity contribution in [3.05, 3.63) is 28.8 Å². The largest absolute Gasteiger partial charge is 0.387 e. The number of halogens is 1. The van der Waals surface area contributed by atoms with Gasteiger partial charge in [-0.1, -0.05) is 25.4 Å².